The van der Waals surface area contributed by atoms with E-state index in [-0.39, 0.29) is 5.13 Å². The lowest BCUT2D eigenvalue weighted by atomic mass is 10.2. The largest absolute Gasteiger partial charge is 0.329 e. The van der Waals surface area contributed by atoms with Crippen LogP contribution in [0.4, 0.5) is 5.13 Å². The van der Waals surface area contributed by atoms with Crippen molar-refractivity contribution < 1.29 is 9.59 Å². The van der Waals surface area contributed by atoms with Gasteiger partial charge in [-0.05, 0) is 12.1 Å². The van der Waals surface area contributed by atoms with E-state index in [1.165, 1.54) is 6.21 Å². The van der Waals surface area contributed by atoms with E-state index in [4.69, 9.17) is 23.2 Å². The fourth-order valence-electron chi connectivity index (χ4n) is 1.97. The number of hydrogen-bond acceptors (Lipinski definition) is 6. The van der Waals surface area contributed by atoms with Crippen molar-refractivity contribution in [2.24, 2.45) is 5.10 Å². The average molecular weight is 420 g/mol. The minimum Gasteiger partial charge on any atom is -0.292 e. The lowest BCUT2D eigenvalue weighted by Gasteiger charge is -2.01. The number of nitrogens with one attached hydrogen (secondary N) is 2. The number of carbonyl (C=O) groups excluding carboxylic acids is 2. The lowest BCUT2D eigenvalue weighted by molar-refractivity contribution is -0.136. The van der Waals surface area contributed by atoms with Gasteiger partial charge < -0.3 is 0 Å². The van der Waals surface area contributed by atoms with Gasteiger partial charge in [-0.3, -0.25) is 14.9 Å². The Labute approximate surface area is 168 Å². The molecule has 1 aromatic heterocycles. The number of anilines is 1. The summed E-state index contributed by atoms with van der Waals surface area (Å²) in [5.74, 6) is -1.89. The highest BCUT2D eigenvalue weighted by atomic mass is 35.5. The van der Waals surface area contributed by atoms with Crippen LogP contribution in [0.3, 0.4) is 0 Å². The van der Waals surface area contributed by atoms with E-state index in [0.29, 0.717) is 20.6 Å². The zero-order chi connectivity index (χ0) is 19.2. The van der Waals surface area contributed by atoms with Crippen LogP contribution in [-0.4, -0.2) is 28.2 Å². The highest BCUT2D eigenvalue weighted by molar-refractivity contribution is 7.18. The fraction of sp³-hybridized carbons (Fsp3) is 0. The summed E-state index contributed by atoms with van der Waals surface area (Å²) in [7, 11) is 0. The van der Waals surface area contributed by atoms with Crippen molar-refractivity contribution in [2.45, 2.75) is 0 Å². The van der Waals surface area contributed by atoms with Crippen LogP contribution in [0, 0.1) is 0 Å². The summed E-state index contributed by atoms with van der Waals surface area (Å²) in [5, 5.41) is 15.5. The van der Waals surface area contributed by atoms with Crippen LogP contribution in [0.25, 0.3) is 10.6 Å². The molecule has 0 atom stereocenters. The number of hydrogen-bond donors (Lipinski definition) is 2. The van der Waals surface area contributed by atoms with Crippen LogP contribution in [0.1, 0.15) is 5.56 Å². The number of nitrogens with zero attached hydrogens (tertiary/aromatic N) is 3. The molecular weight excluding hydrogens is 409 g/mol. The Bertz CT molecular complexity index is 987. The van der Waals surface area contributed by atoms with Gasteiger partial charge in [0.05, 0.1) is 16.3 Å². The maximum atomic E-state index is 11.9. The topological polar surface area (TPSA) is 96.3 Å². The Balaban J connectivity index is 1.59. The quantitative estimate of drug-likeness (QED) is 0.383. The summed E-state index contributed by atoms with van der Waals surface area (Å²) < 4.78 is 0. The van der Waals surface area contributed by atoms with Crippen molar-refractivity contribution in [3.63, 3.8) is 0 Å². The molecule has 0 saturated carbocycles. The van der Waals surface area contributed by atoms with E-state index in [2.05, 4.69) is 26.0 Å². The molecule has 1 heterocycles. The molecular formula is C17H11Cl2N5O2S. The lowest BCUT2D eigenvalue weighted by Crippen LogP contribution is -2.32. The number of rotatable bonds is 4. The second-order valence-electron chi connectivity index (χ2n) is 5.07. The first-order valence-electron chi connectivity index (χ1n) is 7.52. The molecule has 2 amide bonds. The highest BCUT2D eigenvalue weighted by Gasteiger charge is 2.16. The highest BCUT2D eigenvalue weighted by Crippen LogP contribution is 2.25. The molecule has 3 rings (SSSR count). The molecule has 0 aliphatic carbocycles. The summed E-state index contributed by atoms with van der Waals surface area (Å²) >= 11 is 13.1. The molecule has 0 aliphatic heterocycles. The van der Waals surface area contributed by atoms with Crippen LogP contribution < -0.4 is 10.7 Å². The van der Waals surface area contributed by atoms with E-state index >= 15 is 0 Å². The number of halogens is 2. The van der Waals surface area contributed by atoms with E-state index < -0.39 is 11.8 Å². The Kier molecular flexibility index (Phi) is 6.12. The molecule has 10 heteroatoms. The molecule has 0 unspecified atom stereocenters. The Hall–Kier alpha value is -2.81. The zero-order valence-corrected chi connectivity index (χ0v) is 15.8. The van der Waals surface area contributed by atoms with E-state index in [1.807, 2.05) is 30.3 Å². The van der Waals surface area contributed by atoms with Gasteiger partial charge in [-0.1, -0.05) is 70.9 Å². The Morgan fingerprint density at radius 1 is 0.963 bits per heavy atom. The first kappa shape index (κ1) is 19.0. The normalized spacial score (nSPS) is 10.7. The first-order valence-corrected chi connectivity index (χ1v) is 9.09. The molecule has 7 nitrogen and oxygen atoms in total. The molecule has 0 fully saturated rings. The number of amides is 2. The van der Waals surface area contributed by atoms with Gasteiger partial charge >= 0.3 is 11.8 Å². The smallest absolute Gasteiger partial charge is 0.292 e. The van der Waals surface area contributed by atoms with Gasteiger partial charge in [-0.15, -0.1) is 10.2 Å². The number of benzene rings is 2. The van der Waals surface area contributed by atoms with E-state index in [9.17, 15) is 9.59 Å². The van der Waals surface area contributed by atoms with E-state index in [1.54, 1.807) is 18.2 Å². The second-order valence-corrected chi connectivity index (χ2v) is 6.86. The summed E-state index contributed by atoms with van der Waals surface area (Å²) in [4.78, 5) is 23.8. The van der Waals surface area contributed by atoms with E-state index in [0.717, 1.165) is 16.9 Å². The average Bonchev–Trinajstić information content (AvgIpc) is 3.13. The van der Waals surface area contributed by atoms with Crippen molar-refractivity contribution >= 4 is 57.7 Å². The SMILES string of the molecule is O=C(N/N=C\c1c(Cl)cccc1Cl)C(=O)Nc1nnc(-c2ccccc2)s1. The molecule has 3 aromatic rings. The molecule has 2 aromatic carbocycles. The number of aromatic nitrogens is 2. The molecule has 2 N–H and O–H groups in total. The molecule has 0 spiro atoms. The fourth-order valence-corrected chi connectivity index (χ4v) is 3.20. The van der Waals surface area contributed by atoms with Crippen LogP contribution in [0.5, 0.6) is 0 Å². The van der Waals surface area contributed by atoms with Gasteiger partial charge in [0, 0.05) is 11.1 Å². The predicted octanol–water partition coefficient (Wildman–Crippen LogP) is 3.60. The van der Waals surface area contributed by atoms with Crippen LogP contribution >= 0.6 is 34.5 Å². The third-order valence-electron chi connectivity index (χ3n) is 3.23. The first-order chi connectivity index (χ1) is 13.0. The molecule has 0 radical (unpaired) electrons. The van der Waals surface area contributed by atoms with Crippen molar-refractivity contribution in [1.82, 2.24) is 15.6 Å². The Morgan fingerprint density at radius 3 is 2.37 bits per heavy atom. The van der Waals surface area contributed by atoms with Gasteiger partial charge in [0.15, 0.2) is 0 Å². The van der Waals surface area contributed by atoms with Gasteiger partial charge in [0.25, 0.3) is 0 Å². The maximum Gasteiger partial charge on any atom is 0.329 e. The summed E-state index contributed by atoms with van der Waals surface area (Å²) in [5.41, 5.74) is 3.39. The van der Waals surface area contributed by atoms with Crippen molar-refractivity contribution in [3.05, 3.63) is 64.1 Å². The van der Waals surface area contributed by atoms with Gasteiger partial charge in [0.1, 0.15) is 5.01 Å². The summed E-state index contributed by atoms with van der Waals surface area (Å²) in [6.45, 7) is 0. The van der Waals surface area contributed by atoms with Crippen molar-refractivity contribution in [1.29, 1.82) is 0 Å². The molecule has 0 bridgehead atoms. The number of carbonyl (C=O) groups is 2. The maximum absolute atomic E-state index is 11.9. The zero-order valence-electron chi connectivity index (χ0n) is 13.5. The molecule has 0 saturated heterocycles. The number of hydrazone groups is 1. The standard InChI is InChI=1S/C17H11Cl2N5O2S/c18-12-7-4-8-13(19)11(12)9-20-22-15(26)14(25)21-17-24-23-16(27-17)10-5-2-1-3-6-10/h1-9H,(H,22,26)(H,21,24,25)/b20-9-. The minimum atomic E-state index is -0.967. The van der Waals surface area contributed by atoms with Gasteiger partial charge in [0.2, 0.25) is 5.13 Å². The van der Waals surface area contributed by atoms with Crippen LogP contribution in [0.15, 0.2) is 53.6 Å². The minimum absolute atomic E-state index is 0.201. The molecule has 0 aliphatic rings. The third-order valence-corrected chi connectivity index (χ3v) is 4.78. The van der Waals surface area contributed by atoms with Crippen molar-refractivity contribution in [2.75, 3.05) is 5.32 Å². The summed E-state index contributed by atoms with van der Waals surface area (Å²) in [6.07, 6.45) is 1.26. The summed E-state index contributed by atoms with van der Waals surface area (Å²) in [6, 6.07) is 14.3. The second kappa shape index (κ2) is 8.72. The van der Waals surface area contributed by atoms with Crippen LogP contribution in [0.2, 0.25) is 10.0 Å². The van der Waals surface area contributed by atoms with Gasteiger partial charge in [-0.2, -0.15) is 5.10 Å². The third kappa shape index (κ3) is 4.88. The monoisotopic (exact) mass is 419 g/mol. The van der Waals surface area contributed by atoms with Crippen LogP contribution in [-0.2, 0) is 9.59 Å². The van der Waals surface area contributed by atoms with Gasteiger partial charge in [-0.25, -0.2) is 5.43 Å². The molecule has 136 valence electrons. The van der Waals surface area contributed by atoms with Crippen molar-refractivity contribution in [3.8, 4) is 10.6 Å². The molecule has 27 heavy (non-hydrogen) atoms. The Morgan fingerprint density at radius 2 is 1.67 bits per heavy atom. The predicted molar refractivity (Wildman–Crippen MR) is 106 cm³/mol.